The molecule has 2 aliphatic rings. The molecule has 0 aliphatic carbocycles. The van der Waals surface area contributed by atoms with E-state index in [0.29, 0.717) is 30.0 Å². The second kappa shape index (κ2) is 8.79. The highest BCUT2D eigenvalue weighted by atomic mass is 32.2. The molecule has 2 unspecified atom stereocenters. The van der Waals surface area contributed by atoms with Gasteiger partial charge in [0.05, 0.1) is 17.7 Å². The summed E-state index contributed by atoms with van der Waals surface area (Å²) in [6, 6.07) is 10.8. The van der Waals surface area contributed by atoms with Crippen molar-refractivity contribution >= 4 is 27.5 Å². The lowest BCUT2D eigenvalue weighted by molar-refractivity contribution is -0.124. The molecule has 0 aromatic heterocycles. The Kier molecular flexibility index (Phi) is 6.07. The van der Waals surface area contributed by atoms with Crippen molar-refractivity contribution in [2.24, 2.45) is 0 Å². The van der Waals surface area contributed by atoms with Gasteiger partial charge in [0.25, 0.3) is 5.91 Å². The maximum absolute atomic E-state index is 13.3. The molecule has 2 aromatic rings. The summed E-state index contributed by atoms with van der Waals surface area (Å²) in [5.41, 5.74) is 1.10. The second-order valence-corrected chi connectivity index (χ2v) is 9.60. The topological polar surface area (TPSA) is 114 Å². The highest BCUT2D eigenvalue weighted by molar-refractivity contribution is 7.89. The van der Waals surface area contributed by atoms with Crippen molar-refractivity contribution in [3.63, 3.8) is 0 Å². The Morgan fingerprint density at radius 1 is 1.28 bits per heavy atom. The van der Waals surface area contributed by atoms with Crippen LogP contribution < -0.4 is 20.1 Å². The highest BCUT2D eigenvalue weighted by Crippen LogP contribution is 2.34. The van der Waals surface area contributed by atoms with Crippen LogP contribution in [0.4, 0.5) is 5.69 Å². The van der Waals surface area contributed by atoms with Gasteiger partial charge in [-0.25, -0.2) is 8.42 Å². The van der Waals surface area contributed by atoms with Gasteiger partial charge >= 0.3 is 0 Å². The molecule has 32 heavy (non-hydrogen) atoms. The van der Waals surface area contributed by atoms with Crippen LogP contribution in [-0.2, 0) is 26.2 Å². The average molecular weight is 460 g/mol. The number of nitrogens with one attached hydrogen (secondary N) is 2. The molecular formula is C22H25N3O6S. The Balaban J connectivity index is 1.51. The second-order valence-electron chi connectivity index (χ2n) is 7.71. The van der Waals surface area contributed by atoms with Gasteiger partial charge in [-0.2, -0.15) is 4.31 Å². The molecule has 2 aliphatic heterocycles. The molecule has 0 radical (unpaired) electrons. The van der Waals surface area contributed by atoms with Crippen LogP contribution in [0.25, 0.3) is 0 Å². The Hall–Kier alpha value is -3.11. The summed E-state index contributed by atoms with van der Waals surface area (Å²) < 4.78 is 38.7. The Labute approximate surface area is 186 Å². The maximum atomic E-state index is 13.3. The van der Waals surface area contributed by atoms with Gasteiger partial charge < -0.3 is 20.1 Å². The Bertz CT molecular complexity index is 1150. The number of rotatable bonds is 6. The number of para-hydroxylation sites is 1. The summed E-state index contributed by atoms with van der Waals surface area (Å²) in [6.45, 7) is 2.08. The molecule has 0 bridgehead atoms. The molecule has 170 valence electrons. The van der Waals surface area contributed by atoms with E-state index in [1.54, 1.807) is 20.1 Å². The predicted molar refractivity (Wildman–Crippen MR) is 117 cm³/mol. The zero-order valence-corrected chi connectivity index (χ0v) is 18.6. The molecule has 10 heteroatoms. The van der Waals surface area contributed by atoms with Crippen LogP contribution in [0.2, 0.25) is 0 Å². The molecule has 4 rings (SSSR count). The standard InChI is InChI=1S/C22H25N3O6S/c1-14-21(26)24-17-12-16(9-10-20(17)31-14)32(28,29)25-11-5-7-18(25)22(27)23-13-15-6-3-4-8-19(15)30-2/h3-4,6,8-10,12,14,18H,5,7,11,13H2,1-2H3,(H,23,27)(H,24,26). The lowest BCUT2D eigenvalue weighted by Gasteiger charge is -2.26. The number of nitrogens with zero attached hydrogens (tertiary/aromatic N) is 1. The van der Waals surface area contributed by atoms with E-state index in [1.165, 1.54) is 22.5 Å². The van der Waals surface area contributed by atoms with Crippen LogP contribution in [0.3, 0.4) is 0 Å². The fourth-order valence-corrected chi connectivity index (χ4v) is 5.61. The number of anilines is 1. The summed E-state index contributed by atoms with van der Waals surface area (Å²) in [5, 5.41) is 5.49. The molecule has 2 aromatic carbocycles. The quantitative estimate of drug-likeness (QED) is 0.682. The molecule has 9 nitrogen and oxygen atoms in total. The number of ether oxygens (including phenoxy) is 2. The maximum Gasteiger partial charge on any atom is 0.265 e. The van der Waals surface area contributed by atoms with Crippen molar-refractivity contribution in [2.45, 2.75) is 43.4 Å². The first kappa shape index (κ1) is 22.1. The molecule has 2 amide bonds. The number of hydrogen-bond acceptors (Lipinski definition) is 6. The fraction of sp³-hybridized carbons (Fsp3) is 0.364. The molecule has 0 spiro atoms. The number of carbonyl (C=O) groups excluding carboxylic acids is 2. The van der Waals surface area contributed by atoms with Crippen LogP contribution in [0.5, 0.6) is 11.5 Å². The van der Waals surface area contributed by atoms with E-state index in [4.69, 9.17) is 9.47 Å². The normalized spacial score (nSPS) is 20.8. The van der Waals surface area contributed by atoms with Crippen molar-refractivity contribution in [3.8, 4) is 11.5 Å². The van der Waals surface area contributed by atoms with Gasteiger partial charge in [0.15, 0.2) is 6.10 Å². The molecule has 1 fully saturated rings. The summed E-state index contributed by atoms with van der Waals surface area (Å²) in [4.78, 5) is 24.8. The van der Waals surface area contributed by atoms with Gasteiger partial charge in [0.2, 0.25) is 15.9 Å². The summed E-state index contributed by atoms with van der Waals surface area (Å²) in [6.07, 6.45) is 0.355. The van der Waals surface area contributed by atoms with Crippen LogP contribution in [0.1, 0.15) is 25.3 Å². The number of hydrogen-bond donors (Lipinski definition) is 2. The number of amides is 2. The largest absolute Gasteiger partial charge is 0.496 e. The van der Waals surface area contributed by atoms with E-state index >= 15 is 0 Å². The van der Waals surface area contributed by atoms with Crippen LogP contribution >= 0.6 is 0 Å². The van der Waals surface area contributed by atoms with Gasteiger partial charge in [-0.3, -0.25) is 9.59 Å². The molecule has 2 heterocycles. The van der Waals surface area contributed by atoms with Gasteiger partial charge in [0.1, 0.15) is 17.5 Å². The first-order chi connectivity index (χ1) is 15.3. The predicted octanol–water partition coefficient (Wildman–Crippen LogP) is 1.88. The third-order valence-corrected chi connectivity index (χ3v) is 7.54. The van der Waals surface area contributed by atoms with E-state index in [1.807, 2.05) is 18.2 Å². The van der Waals surface area contributed by atoms with Gasteiger partial charge in [0, 0.05) is 18.7 Å². The first-order valence-corrected chi connectivity index (χ1v) is 11.8. The molecule has 2 N–H and O–H groups in total. The van der Waals surface area contributed by atoms with Crippen LogP contribution in [-0.4, -0.2) is 50.3 Å². The molecule has 0 saturated carbocycles. The number of benzene rings is 2. The fourth-order valence-electron chi connectivity index (χ4n) is 3.92. The summed E-state index contributed by atoms with van der Waals surface area (Å²) in [7, 11) is -2.40. The van der Waals surface area contributed by atoms with Crippen molar-refractivity contribution < 1.29 is 27.5 Å². The van der Waals surface area contributed by atoms with Crippen molar-refractivity contribution in [3.05, 3.63) is 48.0 Å². The molecule has 1 saturated heterocycles. The number of methoxy groups -OCH3 is 1. The van der Waals surface area contributed by atoms with E-state index in [0.717, 1.165) is 5.56 Å². The van der Waals surface area contributed by atoms with Crippen molar-refractivity contribution in [2.75, 3.05) is 19.0 Å². The summed E-state index contributed by atoms with van der Waals surface area (Å²) >= 11 is 0. The smallest absolute Gasteiger partial charge is 0.265 e. The lowest BCUT2D eigenvalue weighted by Crippen LogP contribution is -2.45. The van der Waals surface area contributed by atoms with Gasteiger partial charge in [-0.05, 0) is 44.0 Å². The Morgan fingerprint density at radius 3 is 2.84 bits per heavy atom. The lowest BCUT2D eigenvalue weighted by atomic mass is 10.2. The monoisotopic (exact) mass is 459 g/mol. The van der Waals surface area contributed by atoms with E-state index in [9.17, 15) is 18.0 Å². The first-order valence-electron chi connectivity index (χ1n) is 10.3. The number of carbonyl (C=O) groups is 2. The average Bonchev–Trinajstić information content (AvgIpc) is 3.29. The minimum atomic E-state index is -3.95. The van der Waals surface area contributed by atoms with E-state index < -0.39 is 22.2 Å². The number of fused-ring (bicyclic) bond motifs is 1. The van der Waals surface area contributed by atoms with E-state index in [-0.39, 0.29) is 29.8 Å². The SMILES string of the molecule is COc1ccccc1CNC(=O)C1CCCN1S(=O)(=O)c1ccc2c(c1)NC(=O)C(C)O2. The minimum absolute atomic E-state index is 0.000804. The van der Waals surface area contributed by atoms with E-state index in [2.05, 4.69) is 10.6 Å². The third kappa shape index (κ3) is 4.15. The number of sulfonamides is 1. The van der Waals surface area contributed by atoms with Gasteiger partial charge in [-0.15, -0.1) is 0 Å². The van der Waals surface area contributed by atoms with Crippen molar-refractivity contribution in [1.82, 2.24) is 9.62 Å². The zero-order valence-electron chi connectivity index (χ0n) is 17.8. The minimum Gasteiger partial charge on any atom is -0.496 e. The van der Waals surface area contributed by atoms with Crippen LogP contribution in [0, 0.1) is 0 Å². The van der Waals surface area contributed by atoms with Crippen LogP contribution in [0.15, 0.2) is 47.4 Å². The molecular weight excluding hydrogens is 434 g/mol. The Morgan fingerprint density at radius 2 is 2.06 bits per heavy atom. The summed E-state index contributed by atoms with van der Waals surface area (Å²) in [5.74, 6) is 0.349. The van der Waals surface area contributed by atoms with Gasteiger partial charge in [-0.1, -0.05) is 18.2 Å². The zero-order chi connectivity index (χ0) is 22.9. The third-order valence-electron chi connectivity index (χ3n) is 5.64. The van der Waals surface area contributed by atoms with Crippen molar-refractivity contribution in [1.29, 1.82) is 0 Å². The highest BCUT2D eigenvalue weighted by Gasteiger charge is 2.40. The molecule has 2 atom stereocenters.